The number of hydrogen-bond donors (Lipinski definition) is 0. The Morgan fingerprint density at radius 2 is 1.89 bits per heavy atom. The molecule has 140 valence electrons. The van der Waals surface area contributed by atoms with Crippen molar-refractivity contribution in [3.05, 3.63) is 59.5 Å². The molecule has 2 aromatic carbocycles. The van der Waals surface area contributed by atoms with E-state index in [-0.39, 0.29) is 5.78 Å². The van der Waals surface area contributed by atoms with Crippen molar-refractivity contribution >= 4 is 32.9 Å². The second kappa shape index (κ2) is 8.11. The SMILES string of the molecule is COc1cccc(N2CCN(CCC(=O)c3csc4ccccc34)CC2)c1. The number of carbonyl (C=O) groups is 1. The van der Waals surface area contributed by atoms with Crippen molar-refractivity contribution in [3.63, 3.8) is 0 Å². The van der Waals surface area contributed by atoms with Crippen molar-refractivity contribution in [3.8, 4) is 5.75 Å². The molecule has 0 N–H and O–H groups in total. The Kier molecular flexibility index (Phi) is 5.41. The number of thiophene rings is 1. The van der Waals surface area contributed by atoms with Crippen LogP contribution in [0.2, 0.25) is 0 Å². The first-order valence-corrected chi connectivity index (χ1v) is 10.2. The van der Waals surface area contributed by atoms with Crippen LogP contribution in [0.1, 0.15) is 16.8 Å². The Labute approximate surface area is 164 Å². The first-order chi connectivity index (χ1) is 13.2. The molecule has 1 aromatic heterocycles. The third-order valence-corrected chi connectivity index (χ3v) is 6.19. The summed E-state index contributed by atoms with van der Waals surface area (Å²) in [4.78, 5) is 17.4. The third-order valence-electron chi connectivity index (χ3n) is 5.23. The minimum absolute atomic E-state index is 0.252. The topological polar surface area (TPSA) is 32.8 Å². The number of ketones is 1. The van der Waals surface area contributed by atoms with Crippen molar-refractivity contribution in [1.82, 2.24) is 4.90 Å². The smallest absolute Gasteiger partial charge is 0.165 e. The van der Waals surface area contributed by atoms with Gasteiger partial charge in [0.1, 0.15) is 5.75 Å². The number of nitrogens with zero attached hydrogens (tertiary/aromatic N) is 2. The highest BCUT2D eigenvalue weighted by Crippen LogP contribution is 2.27. The number of rotatable bonds is 6. The zero-order valence-corrected chi connectivity index (χ0v) is 16.4. The molecule has 0 spiro atoms. The molecule has 0 saturated carbocycles. The second-order valence-electron chi connectivity index (χ2n) is 6.85. The van der Waals surface area contributed by atoms with Gasteiger partial charge in [0.25, 0.3) is 0 Å². The molecule has 4 nitrogen and oxygen atoms in total. The zero-order chi connectivity index (χ0) is 18.6. The van der Waals surface area contributed by atoms with Crippen LogP contribution in [-0.4, -0.2) is 50.5 Å². The number of piperazine rings is 1. The Balaban J connectivity index is 1.31. The van der Waals surface area contributed by atoms with Crippen molar-refractivity contribution < 1.29 is 9.53 Å². The fraction of sp³-hybridized carbons (Fsp3) is 0.318. The van der Waals surface area contributed by atoms with Crippen molar-refractivity contribution in [2.24, 2.45) is 0 Å². The van der Waals surface area contributed by atoms with Gasteiger partial charge in [-0.25, -0.2) is 0 Å². The molecule has 0 atom stereocenters. The van der Waals surface area contributed by atoms with E-state index in [1.54, 1.807) is 18.4 Å². The van der Waals surface area contributed by atoms with Crippen molar-refractivity contribution in [1.29, 1.82) is 0 Å². The average Bonchev–Trinajstić information content (AvgIpc) is 3.17. The lowest BCUT2D eigenvalue weighted by Gasteiger charge is -2.36. The maximum absolute atomic E-state index is 12.7. The van der Waals surface area contributed by atoms with Crippen LogP contribution in [0, 0.1) is 0 Å². The van der Waals surface area contributed by atoms with E-state index in [1.165, 1.54) is 10.4 Å². The summed E-state index contributed by atoms with van der Waals surface area (Å²) in [6.07, 6.45) is 0.583. The molecule has 3 aromatic rings. The molecule has 1 saturated heterocycles. The Hall–Kier alpha value is -2.37. The Morgan fingerprint density at radius 3 is 2.70 bits per heavy atom. The normalized spacial score (nSPS) is 15.2. The predicted octanol–water partition coefficient (Wildman–Crippen LogP) is 4.30. The molecule has 5 heteroatoms. The van der Waals surface area contributed by atoms with Crippen LogP contribution in [0.25, 0.3) is 10.1 Å². The first kappa shape index (κ1) is 18.0. The van der Waals surface area contributed by atoms with Crippen LogP contribution in [0.3, 0.4) is 0 Å². The standard InChI is InChI=1S/C22H24N2O2S/c1-26-18-6-4-5-17(15-18)24-13-11-23(12-14-24)10-9-21(25)20-16-27-22-8-3-2-7-19(20)22/h2-8,15-16H,9-14H2,1H3. The fourth-order valence-electron chi connectivity index (χ4n) is 3.62. The molecular weight excluding hydrogens is 356 g/mol. The molecule has 0 radical (unpaired) electrons. The number of carbonyl (C=O) groups excluding carboxylic acids is 1. The van der Waals surface area contributed by atoms with Gasteiger partial charge in [0.05, 0.1) is 7.11 Å². The van der Waals surface area contributed by atoms with Gasteiger partial charge < -0.3 is 9.64 Å². The van der Waals surface area contributed by atoms with Gasteiger partial charge in [-0.3, -0.25) is 9.69 Å². The molecule has 0 unspecified atom stereocenters. The number of ether oxygens (including phenoxy) is 1. The van der Waals surface area contributed by atoms with Gasteiger partial charge >= 0.3 is 0 Å². The lowest BCUT2D eigenvalue weighted by atomic mass is 10.1. The van der Waals surface area contributed by atoms with E-state index in [2.05, 4.69) is 28.0 Å². The quantitative estimate of drug-likeness (QED) is 0.597. The van der Waals surface area contributed by atoms with Gasteiger partial charge in [-0.15, -0.1) is 11.3 Å². The molecule has 1 fully saturated rings. The summed E-state index contributed by atoms with van der Waals surface area (Å²) in [6, 6.07) is 16.4. The highest BCUT2D eigenvalue weighted by atomic mass is 32.1. The average molecular weight is 381 g/mol. The zero-order valence-electron chi connectivity index (χ0n) is 15.6. The van der Waals surface area contributed by atoms with Crippen LogP contribution < -0.4 is 9.64 Å². The molecule has 27 heavy (non-hydrogen) atoms. The van der Waals surface area contributed by atoms with E-state index in [9.17, 15) is 4.79 Å². The lowest BCUT2D eigenvalue weighted by molar-refractivity contribution is 0.0964. The summed E-state index contributed by atoms with van der Waals surface area (Å²) in [6.45, 7) is 4.74. The molecule has 2 heterocycles. The molecule has 0 bridgehead atoms. The number of anilines is 1. The van der Waals surface area contributed by atoms with Crippen LogP contribution in [0.5, 0.6) is 5.75 Å². The van der Waals surface area contributed by atoms with Gasteiger partial charge in [-0.2, -0.15) is 0 Å². The summed E-state index contributed by atoms with van der Waals surface area (Å²) in [5, 5.41) is 3.10. The van der Waals surface area contributed by atoms with E-state index in [0.29, 0.717) is 6.42 Å². The molecule has 4 rings (SSSR count). The molecule has 0 aliphatic carbocycles. The summed E-state index contributed by atoms with van der Waals surface area (Å²) in [5.74, 6) is 1.14. The molecule has 1 aliphatic heterocycles. The number of hydrogen-bond acceptors (Lipinski definition) is 5. The number of methoxy groups -OCH3 is 1. The van der Waals surface area contributed by atoms with Crippen LogP contribution in [-0.2, 0) is 0 Å². The van der Waals surface area contributed by atoms with E-state index < -0.39 is 0 Å². The minimum Gasteiger partial charge on any atom is -0.497 e. The third kappa shape index (κ3) is 3.99. The van der Waals surface area contributed by atoms with Crippen molar-refractivity contribution in [2.45, 2.75) is 6.42 Å². The minimum atomic E-state index is 0.252. The van der Waals surface area contributed by atoms with Crippen LogP contribution >= 0.6 is 11.3 Å². The van der Waals surface area contributed by atoms with Crippen molar-refractivity contribution in [2.75, 3.05) is 44.7 Å². The summed E-state index contributed by atoms with van der Waals surface area (Å²) in [7, 11) is 1.70. The first-order valence-electron chi connectivity index (χ1n) is 9.35. The highest BCUT2D eigenvalue weighted by Gasteiger charge is 2.19. The lowest BCUT2D eigenvalue weighted by Crippen LogP contribution is -2.46. The summed E-state index contributed by atoms with van der Waals surface area (Å²) < 4.78 is 6.51. The maximum atomic E-state index is 12.7. The maximum Gasteiger partial charge on any atom is 0.165 e. The highest BCUT2D eigenvalue weighted by molar-refractivity contribution is 7.17. The van der Waals surface area contributed by atoms with Crippen LogP contribution in [0.4, 0.5) is 5.69 Å². The Bertz CT molecular complexity index is 929. The molecule has 1 aliphatic rings. The molecular formula is C22H24N2O2S. The van der Waals surface area contributed by atoms with E-state index in [4.69, 9.17) is 4.74 Å². The van der Waals surface area contributed by atoms with Gasteiger partial charge in [-0.05, 0) is 18.2 Å². The monoisotopic (exact) mass is 380 g/mol. The van der Waals surface area contributed by atoms with Gasteiger partial charge in [-0.1, -0.05) is 24.3 Å². The molecule has 0 amide bonds. The number of fused-ring (bicyclic) bond motifs is 1. The van der Waals surface area contributed by atoms with Gasteiger partial charge in [0, 0.05) is 71.9 Å². The fourth-order valence-corrected chi connectivity index (χ4v) is 4.59. The van der Waals surface area contributed by atoms with Gasteiger partial charge in [0.2, 0.25) is 0 Å². The van der Waals surface area contributed by atoms with E-state index in [1.807, 2.05) is 35.7 Å². The predicted molar refractivity (Wildman–Crippen MR) is 112 cm³/mol. The van der Waals surface area contributed by atoms with E-state index >= 15 is 0 Å². The Morgan fingerprint density at radius 1 is 1.07 bits per heavy atom. The number of benzene rings is 2. The largest absolute Gasteiger partial charge is 0.497 e. The number of Topliss-reactive ketones (excluding diaryl/α,β-unsaturated/α-hetero) is 1. The van der Waals surface area contributed by atoms with Crippen LogP contribution in [0.15, 0.2) is 53.9 Å². The van der Waals surface area contributed by atoms with E-state index in [0.717, 1.165) is 49.4 Å². The summed E-state index contributed by atoms with van der Waals surface area (Å²) in [5.41, 5.74) is 2.08. The second-order valence-corrected chi connectivity index (χ2v) is 7.76. The van der Waals surface area contributed by atoms with Gasteiger partial charge in [0.15, 0.2) is 5.78 Å². The summed E-state index contributed by atoms with van der Waals surface area (Å²) >= 11 is 1.65.